The van der Waals surface area contributed by atoms with Crippen molar-refractivity contribution in [2.45, 2.75) is 59.3 Å². The van der Waals surface area contributed by atoms with Gasteiger partial charge in [0.25, 0.3) is 11.8 Å². The number of carbonyl (C=O) groups is 3. The number of aryl methyl sites for hydroxylation is 2. The highest BCUT2D eigenvalue weighted by Gasteiger charge is 2.31. The minimum Gasteiger partial charge on any atom is -0.421 e. The van der Waals surface area contributed by atoms with Gasteiger partial charge in [-0.1, -0.05) is 73.7 Å². The third-order valence-corrected chi connectivity index (χ3v) is 9.81. The number of nitrogens with one attached hydrogen (secondary N) is 2. The Balaban J connectivity index is 1.15. The maximum atomic E-state index is 13.9. The molecule has 15 heteroatoms. The predicted octanol–water partition coefficient (Wildman–Crippen LogP) is 7.49. The second-order valence-corrected chi connectivity index (χ2v) is 14.2. The van der Waals surface area contributed by atoms with Gasteiger partial charge in [0, 0.05) is 30.0 Å². The molecular weight excluding hydrogens is 699 g/mol. The molecule has 0 bridgehead atoms. The smallest absolute Gasteiger partial charge is 0.421 e. The monoisotopic (exact) mass is 740 g/mol. The summed E-state index contributed by atoms with van der Waals surface area (Å²) in [6.07, 6.45) is 4.24. The second kappa shape index (κ2) is 17.0. The largest absolute Gasteiger partial charge is 0.478 e. The van der Waals surface area contributed by atoms with Crippen molar-refractivity contribution < 1.29 is 37.3 Å². The number of rotatable bonds is 16. The van der Waals surface area contributed by atoms with E-state index in [-0.39, 0.29) is 37.3 Å². The number of hydrogen-bond donors (Lipinski definition) is 2. The van der Waals surface area contributed by atoms with E-state index in [1.54, 1.807) is 43.3 Å². The Morgan fingerprint density at radius 1 is 0.925 bits per heavy atom. The Bertz CT molecular complexity index is 2080. The highest BCUT2D eigenvalue weighted by molar-refractivity contribution is 7.48. The van der Waals surface area contributed by atoms with Gasteiger partial charge >= 0.3 is 13.9 Å². The maximum Gasteiger partial charge on any atom is 0.478 e. The molecule has 1 saturated carbocycles. The van der Waals surface area contributed by atoms with E-state index in [1.165, 1.54) is 17.0 Å². The first-order valence-electron chi connectivity index (χ1n) is 17.3. The summed E-state index contributed by atoms with van der Waals surface area (Å²) >= 11 is 0. The Labute approximate surface area is 307 Å². The maximum absolute atomic E-state index is 13.9. The standard InChI is InChI=1S/C38H41N6O8P/c1-4-19-43(38(47)49-25-52-53(48,50-22-28-11-7-5-8-12-28)51-23-29-13-9-6-10-14-29)37(46)32-21-44-34(27(32)3)35(39-24-40-44)42-33-20-30(16-15-26(33)2)36(45)41-31-17-18-31/h5-16,20-21,24,31H,4,17-19,22-23,25H2,1-3H3,(H,41,45)(H,39,40,42). The van der Waals surface area contributed by atoms with E-state index in [4.69, 9.17) is 18.3 Å². The average molecular weight is 741 g/mol. The van der Waals surface area contributed by atoms with Crippen LogP contribution in [0, 0.1) is 13.8 Å². The number of phosphoric acid groups is 1. The molecule has 1 fully saturated rings. The van der Waals surface area contributed by atoms with Gasteiger partial charge in [0.1, 0.15) is 11.8 Å². The van der Waals surface area contributed by atoms with Crippen molar-refractivity contribution in [3.8, 4) is 0 Å². The van der Waals surface area contributed by atoms with Crippen LogP contribution in [0.2, 0.25) is 0 Å². The van der Waals surface area contributed by atoms with Gasteiger partial charge in [-0.3, -0.25) is 18.6 Å². The molecule has 3 amide bonds. The Hall–Kier alpha value is -5.40. The van der Waals surface area contributed by atoms with E-state index in [0.717, 1.165) is 34.4 Å². The summed E-state index contributed by atoms with van der Waals surface area (Å²) in [5.41, 5.74) is 4.72. The number of carbonyl (C=O) groups excluding carboxylic acids is 3. The first kappa shape index (κ1) is 37.4. The molecule has 2 N–H and O–H groups in total. The van der Waals surface area contributed by atoms with E-state index >= 15 is 0 Å². The van der Waals surface area contributed by atoms with Gasteiger partial charge in [0.2, 0.25) is 6.79 Å². The number of anilines is 2. The number of benzene rings is 3. The fourth-order valence-electron chi connectivity index (χ4n) is 5.42. The molecule has 276 valence electrons. The molecule has 1 aliphatic carbocycles. The van der Waals surface area contributed by atoms with Crippen LogP contribution >= 0.6 is 7.82 Å². The van der Waals surface area contributed by atoms with Gasteiger partial charge in [-0.15, -0.1) is 0 Å². The molecule has 6 rings (SSSR count). The van der Waals surface area contributed by atoms with Crippen LogP contribution in [-0.2, 0) is 36.1 Å². The van der Waals surface area contributed by atoms with Gasteiger partial charge in [-0.05, 0) is 67.5 Å². The zero-order chi connectivity index (χ0) is 37.4. The fourth-order valence-corrected chi connectivity index (χ4v) is 6.44. The van der Waals surface area contributed by atoms with Gasteiger partial charge < -0.3 is 15.4 Å². The molecule has 2 aromatic heterocycles. The molecule has 0 atom stereocenters. The molecule has 14 nitrogen and oxygen atoms in total. The summed E-state index contributed by atoms with van der Waals surface area (Å²) in [7, 11) is -4.24. The molecule has 3 aromatic carbocycles. The lowest BCUT2D eigenvalue weighted by molar-refractivity contribution is 0.00495. The van der Waals surface area contributed by atoms with E-state index in [2.05, 4.69) is 20.7 Å². The average Bonchev–Trinajstić information content (AvgIpc) is 3.92. The van der Waals surface area contributed by atoms with Gasteiger partial charge in [-0.25, -0.2) is 28.3 Å². The minimum absolute atomic E-state index is 0.0294. The zero-order valence-corrected chi connectivity index (χ0v) is 30.6. The van der Waals surface area contributed by atoms with Crippen LogP contribution in [0.5, 0.6) is 0 Å². The van der Waals surface area contributed by atoms with Crippen molar-refractivity contribution in [1.29, 1.82) is 0 Å². The number of phosphoric ester groups is 1. The third-order valence-electron chi connectivity index (χ3n) is 8.49. The Morgan fingerprint density at radius 2 is 1.58 bits per heavy atom. The number of amides is 3. The van der Waals surface area contributed by atoms with Crippen molar-refractivity contribution in [3.05, 3.63) is 125 Å². The summed E-state index contributed by atoms with van der Waals surface area (Å²) in [4.78, 5) is 45.4. The van der Waals surface area contributed by atoms with E-state index < -0.39 is 26.6 Å². The number of hydrogen-bond acceptors (Lipinski definition) is 11. The quantitative estimate of drug-likeness (QED) is 0.0762. The van der Waals surface area contributed by atoms with E-state index in [0.29, 0.717) is 34.6 Å². The highest BCUT2D eigenvalue weighted by Crippen LogP contribution is 2.51. The molecular formula is C38H41N6O8P. The molecule has 0 spiro atoms. The number of imide groups is 1. The molecule has 0 saturated heterocycles. The van der Waals surface area contributed by atoms with Gasteiger partial charge in [0.05, 0.1) is 18.8 Å². The predicted molar refractivity (Wildman–Crippen MR) is 197 cm³/mol. The molecule has 0 radical (unpaired) electrons. The van der Waals surface area contributed by atoms with Crippen molar-refractivity contribution in [1.82, 2.24) is 24.8 Å². The SMILES string of the molecule is CCCN(C(=O)OCOP(=O)(OCc1ccccc1)OCc1ccccc1)C(=O)c1cn2ncnc(Nc3cc(C(=O)NC4CC4)ccc3C)c2c1C. The molecule has 53 heavy (non-hydrogen) atoms. The lowest BCUT2D eigenvalue weighted by Gasteiger charge is -2.21. The third kappa shape index (κ3) is 9.53. The Morgan fingerprint density at radius 3 is 2.21 bits per heavy atom. The van der Waals surface area contributed by atoms with Crippen molar-refractivity contribution in [3.63, 3.8) is 0 Å². The summed E-state index contributed by atoms with van der Waals surface area (Å²) in [5.74, 6) is -0.380. The highest BCUT2D eigenvalue weighted by atomic mass is 31.2. The minimum atomic E-state index is -4.24. The van der Waals surface area contributed by atoms with Crippen LogP contribution in [-0.4, -0.2) is 56.8 Å². The molecule has 1 aliphatic rings. The number of nitrogens with zero attached hydrogens (tertiary/aromatic N) is 4. The van der Waals surface area contributed by atoms with Gasteiger partial charge in [-0.2, -0.15) is 5.10 Å². The lowest BCUT2D eigenvalue weighted by Crippen LogP contribution is -2.38. The normalized spacial score (nSPS) is 12.7. The lowest BCUT2D eigenvalue weighted by atomic mass is 10.1. The van der Waals surface area contributed by atoms with Crippen LogP contribution in [0.3, 0.4) is 0 Å². The molecule has 5 aromatic rings. The zero-order valence-electron chi connectivity index (χ0n) is 29.7. The summed E-state index contributed by atoms with van der Waals surface area (Å²) in [6, 6.07) is 23.7. The van der Waals surface area contributed by atoms with Crippen LogP contribution < -0.4 is 10.6 Å². The summed E-state index contributed by atoms with van der Waals surface area (Å²) in [6.45, 7) is 4.51. The summed E-state index contributed by atoms with van der Waals surface area (Å²) in [5, 5.41) is 10.6. The van der Waals surface area contributed by atoms with E-state index in [1.807, 2.05) is 56.3 Å². The van der Waals surface area contributed by atoms with Crippen LogP contribution in [0.25, 0.3) is 5.52 Å². The fraction of sp³-hybridized carbons (Fsp3) is 0.289. The topological polar surface area (TPSA) is 163 Å². The van der Waals surface area contributed by atoms with Crippen LogP contribution in [0.4, 0.5) is 16.3 Å². The Kier molecular flexibility index (Phi) is 12.0. The number of ether oxygens (including phenoxy) is 1. The molecule has 2 heterocycles. The van der Waals surface area contributed by atoms with Crippen molar-refractivity contribution in [2.24, 2.45) is 0 Å². The summed E-state index contributed by atoms with van der Waals surface area (Å²) < 4.78 is 37.1. The van der Waals surface area contributed by atoms with Crippen molar-refractivity contribution in [2.75, 3.05) is 18.7 Å². The first-order chi connectivity index (χ1) is 25.6. The van der Waals surface area contributed by atoms with E-state index in [9.17, 15) is 18.9 Å². The van der Waals surface area contributed by atoms with Crippen LogP contribution in [0.15, 0.2) is 91.4 Å². The van der Waals surface area contributed by atoms with Crippen LogP contribution in [0.1, 0.15) is 69.2 Å². The second-order valence-electron chi connectivity index (χ2n) is 12.6. The van der Waals surface area contributed by atoms with Gasteiger partial charge in [0.15, 0.2) is 5.82 Å². The molecule has 0 aliphatic heterocycles. The number of aromatic nitrogens is 3. The van der Waals surface area contributed by atoms with Crippen molar-refractivity contribution >= 4 is 42.8 Å². The molecule has 0 unspecified atom stereocenters. The number of fused-ring (bicyclic) bond motifs is 1. The first-order valence-corrected chi connectivity index (χ1v) is 18.7.